The van der Waals surface area contributed by atoms with E-state index in [1.54, 1.807) is 42.7 Å². The van der Waals surface area contributed by atoms with Crippen molar-refractivity contribution in [3.63, 3.8) is 0 Å². The van der Waals surface area contributed by atoms with E-state index in [4.69, 9.17) is 56.9 Å². The first-order chi connectivity index (χ1) is 30.1. The van der Waals surface area contributed by atoms with Gasteiger partial charge < -0.3 is 20.9 Å². The number of rotatable bonds is 13. The molecule has 0 bridgehead atoms. The first kappa shape index (κ1) is 67.8. The topological polar surface area (TPSA) is 289 Å². The molecule has 0 unspecified atom stereocenters. The van der Waals surface area contributed by atoms with Crippen molar-refractivity contribution in [1.82, 2.24) is 19.2 Å². The minimum Gasteiger partial charge on any atom is -0.373 e. The Kier molecular flexibility index (Phi) is 30.6. The van der Waals surface area contributed by atoms with Crippen LogP contribution in [0, 0.1) is 75.6 Å². The second kappa shape index (κ2) is 30.2. The number of benzene rings is 3. The van der Waals surface area contributed by atoms with Crippen molar-refractivity contribution >= 4 is 86.0 Å². The van der Waals surface area contributed by atoms with E-state index in [2.05, 4.69) is 20.9 Å². The number of alkyl halides is 3. The number of hydrogen-bond acceptors (Lipinski definition) is 10. The molecule has 0 saturated carbocycles. The quantitative estimate of drug-likeness (QED) is 0.0228. The summed E-state index contributed by atoms with van der Waals surface area (Å²) < 4.78 is 243. The second-order valence-corrected chi connectivity index (χ2v) is 19.2. The minimum absolute atomic E-state index is 0. The molecule has 19 nitrogen and oxygen atoms in total. The van der Waals surface area contributed by atoms with Gasteiger partial charge in [0.2, 0.25) is 25.9 Å². The molecule has 0 fully saturated rings. The molecule has 3 aromatic rings. The number of halogens is 17. The second-order valence-electron chi connectivity index (χ2n) is 11.3. The molecule has 0 amide bonds. The summed E-state index contributed by atoms with van der Waals surface area (Å²) in [6.07, 6.45) is 0. The molecule has 0 radical (unpaired) electrons. The molecule has 3 rings (SSSR count). The van der Waals surface area contributed by atoms with E-state index in [0.717, 1.165) is 0 Å². The van der Waals surface area contributed by atoms with Gasteiger partial charge in [-0.05, 0) is 39.3 Å². The molecule has 0 aliphatic heterocycles. The van der Waals surface area contributed by atoms with Gasteiger partial charge in [-0.3, -0.25) is 4.91 Å². The van der Waals surface area contributed by atoms with Crippen LogP contribution in [0.2, 0.25) is 0 Å². The van der Waals surface area contributed by atoms with Gasteiger partial charge in [0.15, 0.2) is 88.8 Å². The van der Waals surface area contributed by atoms with Crippen molar-refractivity contribution in [1.29, 1.82) is 0 Å². The van der Waals surface area contributed by atoms with Gasteiger partial charge in [-0.2, -0.15) is 0 Å². The molecular weight excluding hydrogens is 1110 g/mol. The Morgan fingerprint density at radius 1 is 0.493 bits per heavy atom. The minimum atomic E-state index is -5.03. The number of likely N-dealkylation sites (N-methyl/N-ethyl adjacent to an activating group) is 2. The van der Waals surface area contributed by atoms with Crippen molar-refractivity contribution in [3.05, 3.63) is 112 Å². The van der Waals surface area contributed by atoms with Gasteiger partial charge >= 0.3 is 29.6 Å². The smallest absolute Gasteiger partial charge is 0.373 e. The number of sulfonamides is 2. The maximum atomic E-state index is 13.7. The fraction of sp³-hybridized carbons (Fsp3) is 0.333. The molecule has 0 aliphatic carbocycles. The van der Waals surface area contributed by atoms with Crippen LogP contribution >= 0.6 is 45.5 Å². The Hall–Kier alpha value is -3.47. The predicted octanol–water partition coefficient (Wildman–Crippen LogP) is 6.22. The third-order valence-corrected chi connectivity index (χ3v) is 10.6. The summed E-state index contributed by atoms with van der Waals surface area (Å²) >= 11 is 14.4. The standard InChI is InChI=1S/C10H11F5N2O2S.C10H11F4N5O2S.C6ClF4N3O2S.CHCl3.N3.Na/c1-17(2)4-3-16-20(18,19)10-8(14)6(12)5(11)7(13)9(10)15;1-19(2)4-3-16-22(20,21)10-7(13)5(11)9(17-18-15)6(12)8(10)14;7-17(15,16)6-3(10)1(8)5(13-14-12)2(9)4(6)11;2-1(3)4;1-3-2;/h16H,3-4H2,1-2H3;16H,3-4H2,1-2H3;;1H;;/q;;;;-1;+1. The molecule has 370 valence electrons. The maximum absolute atomic E-state index is 13.7. The molecule has 2 N–H and O–H groups in total. The van der Waals surface area contributed by atoms with Crippen LogP contribution in [0.3, 0.4) is 0 Å². The van der Waals surface area contributed by atoms with Crippen LogP contribution in [0.15, 0.2) is 24.9 Å². The monoisotopic (exact) mass is 1130 g/mol. The van der Waals surface area contributed by atoms with E-state index in [1.165, 1.54) is 4.91 Å². The van der Waals surface area contributed by atoms with E-state index in [9.17, 15) is 82.3 Å². The molecule has 0 saturated heterocycles. The molecule has 0 aromatic heterocycles. The van der Waals surface area contributed by atoms with Gasteiger partial charge in [0.25, 0.3) is 9.05 Å². The number of hydrogen-bond donors (Lipinski definition) is 2. The number of nitrogens with zero attached hydrogens (tertiary/aromatic N) is 11. The molecular formula is C27H23Cl4F13N13NaO6S3. The summed E-state index contributed by atoms with van der Waals surface area (Å²) in [5.74, 6) is -29.2. The Morgan fingerprint density at radius 2 is 0.701 bits per heavy atom. The summed E-state index contributed by atoms with van der Waals surface area (Å²) in [6, 6.07) is 0. The SMILES string of the molecule is CN(C)CCNS(=O)(=O)c1c(F)c(F)c(F)c(F)c1F.CN(C)CCNS(=O)(=O)c1c(F)c(F)c(N=[N+]=[N-])c(F)c1F.ClC(Cl)Cl.[N-]=[N+]=Nc1c(F)c(F)c(S(=O)(=O)Cl)c(F)c1F.[N-]=[N+]=[N-].[Na+]. The molecule has 40 heteroatoms. The van der Waals surface area contributed by atoms with Gasteiger partial charge in [0.1, 0.15) is 11.4 Å². The summed E-state index contributed by atoms with van der Waals surface area (Å²) in [5, 5.41) is 4.83. The van der Waals surface area contributed by atoms with Crippen molar-refractivity contribution < 1.29 is 112 Å². The largest absolute Gasteiger partial charge is 1.00 e. The van der Waals surface area contributed by atoms with Crippen LogP contribution in [-0.4, -0.2) is 93.7 Å². The fourth-order valence-corrected chi connectivity index (χ4v) is 7.01. The average Bonchev–Trinajstić information content (AvgIpc) is 3.17. The van der Waals surface area contributed by atoms with Crippen molar-refractivity contribution in [2.24, 2.45) is 10.2 Å². The van der Waals surface area contributed by atoms with Gasteiger partial charge in [0.05, 0.1) is 0 Å². The zero-order valence-corrected chi connectivity index (χ0v) is 40.9. The van der Waals surface area contributed by atoms with E-state index >= 15 is 0 Å². The van der Waals surface area contributed by atoms with Crippen LogP contribution < -0.4 is 39.0 Å². The predicted molar refractivity (Wildman–Crippen MR) is 208 cm³/mol. The van der Waals surface area contributed by atoms with E-state index < -0.39 is 135 Å². The zero-order valence-electron chi connectivity index (χ0n) is 33.4. The fourth-order valence-electron chi connectivity index (χ4n) is 3.69. The Labute approximate surface area is 410 Å². The first-order valence-electron chi connectivity index (χ1n) is 15.6. The van der Waals surface area contributed by atoms with E-state index in [-0.39, 0.29) is 55.7 Å². The van der Waals surface area contributed by atoms with Crippen LogP contribution in [-0.2, 0) is 29.1 Å². The van der Waals surface area contributed by atoms with E-state index in [1.807, 2.05) is 14.5 Å². The Bertz CT molecular complexity index is 2630. The summed E-state index contributed by atoms with van der Waals surface area (Å²) in [7, 11) is -3.69. The summed E-state index contributed by atoms with van der Waals surface area (Å²) in [5.41, 5.74) is 26.3. The molecule has 0 atom stereocenters. The number of azide groups is 2. The summed E-state index contributed by atoms with van der Waals surface area (Å²) in [6.45, 7) is -0.136. The van der Waals surface area contributed by atoms with Crippen LogP contribution in [0.25, 0.3) is 36.9 Å². The third-order valence-electron chi connectivity index (χ3n) is 6.34. The van der Waals surface area contributed by atoms with Gasteiger partial charge in [0, 0.05) is 46.7 Å². The maximum Gasteiger partial charge on any atom is 1.00 e. The van der Waals surface area contributed by atoms with Crippen molar-refractivity contribution in [2.75, 3.05) is 54.4 Å². The number of nitrogens with one attached hydrogen (secondary N) is 2. The Balaban J connectivity index is -0.000000853. The van der Waals surface area contributed by atoms with Crippen LogP contribution in [0.5, 0.6) is 0 Å². The van der Waals surface area contributed by atoms with Crippen molar-refractivity contribution in [3.8, 4) is 0 Å². The molecule has 3 aromatic carbocycles. The summed E-state index contributed by atoms with van der Waals surface area (Å²) in [4.78, 5) is 2.90. The average molecular weight is 1130 g/mol. The van der Waals surface area contributed by atoms with Gasteiger partial charge in [-0.1, -0.05) is 45.0 Å². The molecule has 0 aliphatic rings. The van der Waals surface area contributed by atoms with Crippen LogP contribution in [0.1, 0.15) is 0 Å². The Morgan fingerprint density at radius 3 is 0.910 bits per heavy atom. The van der Waals surface area contributed by atoms with Crippen molar-refractivity contribution in [2.45, 2.75) is 19.0 Å². The zero-order chi connectivity index (χ0) is 52.4. The van der Waals surface area contributed by atoms with E-state index in [0.29, 0.717) is 0 Å². The first-order valence-corrected chi connectivity index (χ1v) is 22.1. The molecule has 67 heavy (non-hydrogen) atoms. The molecule has 0 spiro atoms. The van der Waals surface area contributed by atoms with Crippen LogP contribution in [0.4, 0.5) is 68.5 Å². The third kappa shape index (κ3) is 20.2. The molecule has 0 heterocycles. The van der Waals surface area contributed by atoms with Gasteiger partial charge in [-0.25, -0.2) is 91.8 Å². The normalized spacial score (nSPS) is 10.9. The van der Waals surface area contributed by atoms with Gasteiger partial charge in [-0.15, -0.1) is 0 Å².